The van der Waals surface area contributed by atoms with Crippen LogP contribution in [0.3, 0.4) is 0 Å². The predicted octanol–water partition coefficient (Wildman–Crippen LogP) is 3.26. The number of benzene rings is 1. The molecule has 2 atom stereocenters. The zero-order valence-corrected chi connectivity index (χ0v) is 19.5. The SMILES string of the molecule is Cc1nc(N2CCC3(CC2)CO[C@@H](C)[C@H]3N)c(CO)nc1-c1ccc2c(c1Cl)OCCC2. The number of fused-ring (bicyclic) bond motifs is 1. The van der Waals surface area contributed by atoms with E-state index in [-0.39, 0.29) is 24.2 Å². The van der Waals surface area contributed by atoms with E-state index in [1.807, 2.05) is 13.0 Å². The molecule has 5 rings (SSSR count). The molecule has 0 aliphatic carbocycles. The monoisotopic (exact) mass is 458 g/mol. The molecular formula is C24H31ClN4O3. The van der Waals surface area contributed by atoms with Gasteiger partial charge in [-0.1, -0.05) is 23.7 Å². The van der Waals surface area contributed by atoms with Gasteiger partial charge >= 0.3 is 0 Å². The molecule has 2 saturated heterocycles. The molecule has 7 nitrogen and oxygen atoms in total. The number of aliphatic hydroxyl groups excluding tert-OH is 1. The van der Waals surface area contributed by atoms with Crippen LogP contribution in [0.5, 0.6) is 5.75 Å². The zero-order chi connectivity index (χ0) is 22.5. The van der Waals surface area contributed by atoms with Crippen LogP contribution in [-0.4, -0.2) is 53.5 Å². The van der Waals surface area contributed by atoms with E-state index in [1.165, 1.54) is 0 Å². The van der Waals surface area contributed by atoms with Gasteiger partial charge in [0.1, 0.15) is 11.4 Å². The fourth-order valence-electron chi connectivity index (χ4n) is 5.36. The molecule has 32 heavy (non-hydrogen) atoms. The predicted molar refractivity (Wildman–Crippen MR) is 124 cm³/mol. The van der Waals surface area contributed by atoms with E-state index in [2.05, 4.69) is 17.9 Å². The number of nitrogens with two attached hydrogens (primary N) is 1. The molecule has 0 bridgehead atoms. The Morgan fingerprint density at radius 1 is 1.28 bits per heavy atom. The third kappa shape index (κ3) is 3.55. The van der Waals surface area contributed by atoms with Crippen molar-refractivity contribution in [2.75, 3.05) is 31.2 Å². The minimum absolute atomic E-state index is 0.0361. The lowest BCUT2D eigenvalue weighted by Gasteiger charge is -2.42. The van der Waals surface area contributed by atoms with Crippen molar-refractivity contribution < 1.29 is 14.6 Å². The molecule has 3 aliphatic rings. The number of hydrogen-bond acceptors (Lipinski definition) is 7. The van der Waals surface area contributed by atoms with Crippen molar-refractivity contribution in [2.45, 2.75) is 58.3 Å². The molecule has 172 valence electrons. The Hall–Kier alpha value is -1.93. The number of aromatic nitrogens is 2. The molecule has 1 aromatic carbocycles. The van der Waals surface area contributed by atoms with Gasteiger partial charge in [0.05, 0.1) is 42.3 Å². The van der Waals surface area contributed by atoms with Crippen molar-refractivity contribution in [3.8, 4) is 17.0 Å². The highest BCUT2D eigenvalue weighted by molar-refractivity contribution is 6.35. The summed E-state index contributed by atoms with van der Waals surface area (Å²) in [6.07, 6.45) is 3.95. The molecule has 1 spiro atoms. The second kappa shape index (κ2) is 8.45. The normalized spacial score (nSPS) is 24.5. The van der Waals surface area contributed by atoms with Crippen LogP contribution in [0.25, 0.3) is 11.3 Å². The van der Waals surface area contributed by atoms with Crippen LogP contribution in [-0.2, 0) is 17.8 Å². The number of hydrogen-bond donors (Lipinski definition) is 2. The van der Waals surface area contributed by atoms with Crippen LogP contribution in [0.4, 0.5) is 5.82 Å². The molecule has 0 radical (unpaired) electrons. The first-order chi connectivity index (χ1) is 15.4. The van der Waals surface area contributed by atoms with E-state index in [9.17, 15) is 5.11 Å². The molecule has 2 fully saturated rings. The van der Waals surface area contributed by atoms with E-state index in [0.29, 0.717) is 23.0 Å². The van der Waals surface area contributed by atoms with Gasteiger partial charge in [-0.2, -0.15) is 0 Å². The first kappa shape index (κ1) is 21.9. The molecular weight excluding hydrogens is 428 g/mol. The van der Waals surface area contributed by atoms with E-state index >= 15 is 0 Å². The number of aliphatic hydroxyl groups is 1. The summed E-state index contributed by atoms with van der Waals surface area (Å²) in [5, 5.41) is 10.7. The Balaban J connectivity index is 1.44. The van der Waals surface area contributed by atoms with Gasteiger partial charge in [-0.15, -0.1) is 0 Å². The Kier molecular flexibility index (Phi) is 5.78. The van der Waals surface area contributed by atoms with Crippen molar-refractivity contribution in [1.82, 2.24) is 9.97 Å². The Labute approximate surface area is 193 Å². The summed E-state index contributed by atoms with van der Waals surface area (Å²) in [5.41, 5.74) is 10.5. The van der Waals surface area contributed by atoms with Gasteiger partial charge in [0.25, 0.3) is 0 Å². The molecule has 3 N–H and O–H groups in total. The lowest BCUT2D eigenvalue weighted by molar-refractivity contribution is 0.0973. The van der Waals surface area contributed by atoms with Crippen LogP contribution in [0.2, 0.25) is 5.02 Å². The van der Waals surface area contributed by atoms with Gasteiger partial charge in [0.15, 0.2) is 5.82 Å². The molecule has 8 heteroatoms. The summed E-state index contributed by atoms with van der Waals surface area (Å²) in [6.45, 7) is 6.84. The molecule has 0 unspecified atom stereocenters. The van der Waals surface area contributed by atoms with Gasteiger partial charge in [-0.3, -0.25) is 0 Å². The fourth-order valence-corrected chi connectivity index (χ4v) is 5.69. The van der Waals surface area contributed by atoms with Crippen LogP contribution in [0, 0.1) is 12.3 Å². The van der Waals surface area contributed by atoms with Crippen molar-refractivity contribution in [2.24, 2.45) is 11.1 Å². The van der Waals surface area contributed by atoms with Crippen LogP contribution in [0.1, 0.15) is 43.1 Å². The van der Waals surface area contributed by atoms with Gasteiger partial charge in [-0.05, 0) is 45.1 Å². The van der Waals surface area contributed by atoms with Crippen molar-refractivity contribution >= 4 is 17.4 Å². The number of ether oxygens (including phenoxy) is 2. The maximum absolute atomic E-state index is 10.1. The summed E-state index contributed by atoms with van der Waals surface area (Å²) < 4.78 is 11.7. The Morgan fingerprint density at radius 2 is 2.06 bits per heavy atom. The van der Waals surface area contributed by atoms with Gasteiger partial charge in [0.2, 0.25) is 0 Å². The largest absolute Gasteiger partial charge is 0.492 e. The first-order valence-electron chi connectivity index (χ1n) is 11.5. The average molecular weight is 459 g/mol. The number of piperidine rings is 1. The molecule has 0 saturated carbocycles. The maximum atomic E-state index is 10.1. The highest BCUT2D eigenvalue weighted by atomic mass is 35.5. The summed E-state index contributed by atoms with van der Waals surface area (Å²) >= 11 is 6.72. The second-order valence-electron chi connectivity index (χ2n) is 9.34. The molecule has 4 heterocycles. The lowest BCUT2D eigenvalue weighted by atomic mass is 9.73. The first-order valence-corrected chi connectivity index (χ1v) is 11.9. The second-order valence-corrected chi connectivity index (χ2v) is 9.72. The highest BCUT2D eigenvalue weighted by Gasteiger charge is 2.47. The smallest absolute Gasteiger partial charge is 0.153 e. The maximum Gasteiger partial charge on any atom is 0.153 e. The van der Waals surface area contributed by atoms with Gasteiger partial charge < -0.3 is 25.2 Å². The van der Waals surface area contributed by atoms with E-state index in [0.717, 1.165) is 73.8 Å². The average Bonchev–Trinajstić information content (AvgIpc) is 3.09. The van der Waals surface area contributed by atoms with E-state index in [4.69, 9.17) is 36.8 Å². The number of anilines is 1. The molecule has 3 aliphatic heterocycles. The topological polar surface area (TPSA) is 93.7 Å². The minimum atomic E-state index is -0.185. The number of aryl methyl sites for hydroxylation is 2. The van der Waals surface area contributed by atoms with Crippen molar-refractivity contribution in [1.29, 1.82) is 0 Å². The third-order valence-electron chi connectivity index (χ3n) is 7.45. The Bertz CT molecular complexity index is 1020. The molecule has 0 amide bonds. The number of rotatable bonds is 3. The fraction of sp³-hybridized carbons (Fsp3) is 0.583. The summed E-state index contributed by atoms with van der Waals surface area (Å²) in [6, 6.07) is 4.10. The summed E-state index contributed by atoms with van der Waals surface area (Å²) in [4.78, 5) is 11.9. The zero-order valence-electron chi connectivity index (χ0n) is 18.7. The van der Waals surface area contributed by atoms with Crippen LogP contribution >= 0.6 is 11.6 Å². The summed E-state index contributed by atoms with van der Waals surface area (Å²) in [7, 11) is 0. The van der Waals surface area contributed by atoms with Gasteiger partial charge in [-0.25, -0.2) is 9.97 Å². The standard InChI is InChI=1S/C24H31ClN4O3/c1-14-20(17-6-5-16-4-3-11-31-21(16)19(17)25)28-18(12-30)23(27-14)29-9-7-24(8-10-29)13-32-15(2)22(24)26/h5-6,15,22,30H,3-4,7-13,26H2,1-2H3/t15-,22+/m0/s1. The van der Waals surface area contributed by atoms with Gasteiger partial charge in [0, 0.05) is 30.1 Å². The minimum Gasteiger partial charge on any atom is -0.492 e. The number of nitrogens with zero attached hydrogens (tertiary/aromatic N) is 3. The quantitative estimate of drug-likeness (QED) is 0.729. The van der Waals surface area contributed by atoms with Crippen molar-refractivity contribution in [3.63, 3.8) is 0 Å². The van der Waals surface area contributed by atoms with E-state index < -0.39 is 0 Å². The summed E-state index contributed by atoms with van der Waals surface area (Å²) in [5.74, 6) is 1.49. The van der Waals surface area contributed by atoms with Crippen LogP contribution < -0.4 is 15.4 Å². The Morgan fingerprint density at radius 3 is 2.75 bits per heavy atom. The number of halogens is 1. The van der Waals surface area contributed by atoms with Crippen LogP contribution in [0.15, 0.2) is 12.1 Å². The van der Waals surface area contributed by atoms with E-state index in [1.54, 1.807) is 0 Å². The highest BCUT2D eigenvalue weighted by Crippen LogP contribution is 2.43. The van der Waals surface area contributed by atoms with Crippen molar-refractivity contribution in [3.05, 3.63) is 34.1 Å². The molecule has 2 aromatic rings. The molecule has 1 aromatic heterocycles. The third-order valence-corrected chi connectivity index (χ3v) is 7.82. The lowest BCUT2D eigenvalue weighted by Crippen LogP contribution is -2.51.